The maximum Gasteiger partial charge on any atom is 0.326 e. The topological polar surface area (TPSA) is 83.7 Å². The van der Waals surface area contributed by atoms with E-state index in [9.17, 15) is 14.7 Å². The van der Waals surface area contributed by atoms with Crippen LogP contribution in [0, 0.1) is 12.8 Å². The maximum atomic E-state index is 12.5. The summed E-state index contributed by atoms with van der Waals surface area (Å²) < 4.78 is 1.60. The van der Waals surface area contributed by atoms with Gasteiger partial charge < -0.3 is 10.4 Å². The summed E-state index contributed by atoms with van der Waals surface area (Å²) in [5.41, 5.74) is 1.39. The summed E-state index contributed by atoms with van der Waals surface area (Å²) in [4.78, 5) is 28.0. The first-order valence-electron chi connectivity index (χ1n) is 6.97. The van der Waals surface area contributed by atoms with Gasteiger partial charge in [0.25, 0.3) is 5.91 Å². The molecule has 1 atom stereocenters. The zero-order valence-electron chi connectivity index (χ0n) is 12.6. The Morgan fingerprint density at radius 2 is 2.14 bits per heavy atom. The van der Waals surface area contributed by atoms with Crippen molar-refractivity contribution in [2.45, 2.75) is 33.2 Å². The molecule has 0 aliphatic rings. The van der Waals surface area contributed by atoms with Crippen molar-refractivity contribution in [1.29, 1.82) is 0 Å². The Kier molecular flexibility index (Phi) is 4.71. The lowest BCUT2D eigenvalue weighted by molar-refractivity contribution is -0.139. The number of carboxylic acid groups (broad SMARTS) is 1. The van der Waals surface area contributed by atoms with Gasteiger partial charge in [-0.1, -0.05) is 25.4 Å². The number of aryl methyl sites for hydroxylation is 1. The molecular weight excluding hydrogens is 306 g/mol. The highest BCUT2D eigenvalue weighted by molar-refractivity contribution is 6.30. The number of nitrogens with zero attached hydrogens (tertiary/aromatic N) is 2. The predicted octanol–water partition coefficient (Wildman–Crippen LogP) is 2.53. The first kappa shape index (κ1) is 16.3. The third-order valence-electron chi connectivity index (χ3n) is 3.29. The second-order valence-electron chi connectivity index (χ2n) is 5.61. The van der Waals surface area contributed by atoms with Gasteiger partial charge in [-0.15, -0.1) is 0 Å². The van der Waals surface area contributed by atoms with Crippen LogP contribution >= 0.6 is 11.6 Å². The van der Waals surface area contributed by atoms with Gasteiger partial charge in [0.05, 0.1) is 5.69 Å². The van der Waals surface area contributed by atoms with Crippen LogP contribution in [0.25, 0.3) is 5.65 Å². The molecule has 118 valence electrons. The molecule has 2 rings (SSSR count). The Balaban J connectivity index is 2.33. The van der Waals surface area contributed by atoms with E-state index < -0.39 is 17.9 Å². The summed E-state index contributed by atoms with van der Waals surface area (Å²) >= 11 is 5.91. The number of carboxylic acids is 1. The molecule has 0 aromatic carbocycles. The van der Waals surface area contributed by atoms with Crippen molar-refractivity contribution >= 4 is 29.1 Å². The highest BCUT2D eigenvalue weighted by atomic mass is 35.5. The summed E-state index contributed by atoms with van der Waals surface area (Å²) in [5.74, 6) is -1.35. The molecule has 0 bridgehead atoms. The monoisotopic (exact) mass is 323 g/mol. The number of nitrogens with one attached hydrogen (secondary N) is 1. The normalized spacial score (nSPS) is 12.6. The number of aliphatic carboxylic acids is 1. The van der Waals surface area contributed by atoms with Crippen molar-refractivity contribution in [3.8, 4) is 0 Å². The summed E-state index contributed by atoms with van der Waals surface area (Å²) in [6, 6.07) is 2.37. The smallest absolute Gasteiger partial charge is 0.326 e. The molecule has 0 aliphatic heterocycles. The number of halogens is 1. The van der Waals surface area contributed by atoms with Gasteiger partial charge in [0.15, 0.2) is 0 Å². The van der Waals surface area contributed by atoms with E-state index in [1.165, 1.54) is 0 Å². The molecule has 1 unspecified atom stereocenters. The van der Waals surface area contributed by atoms with Crippen LogP contribution in [0.2, 0.25) is 5.02 Å². The maximum absolute atomic E-state index is 12.5. The molecule has 0 radical (unpaired) electrons. The van der Waals surface area contributed by atoms with Crippen molar-refractivity contribution in [3.63, 3.8) is 0 Å². The number of aromatic nitrogens is 2. The number of fused-ring (bicyclic) bond motifs is 1. The minimum Gasteiger partial charge on any atom is -0.480 e. The van der Waals surface area contributed by atoms with Crippen LogP contribution in [-0.4, -0.2) is 32.4 Å². The number of carbonyl (C=O) groups excluding carboxylic acids is 1. The van der Waals surface area contributed by atoms with Gasteiger partial charge in [-0.2, -0.15) is 0 Å². The molecule has 6 nitrogen and oxygen atoms in total. The fourth-order valence-corrected chi connectivity index (χ4v) is 2.48. The van der Waals surface area contributed by atoms with Crippen molar-refractivity contribution in [1.82, 2.24) is 14.7 Å². The van der Waals surface area contributed by atoms with Crippen molar-refractivity contribution in [2.75, 3.05) is 0 Å². The van der Waals surface area contributed by atoms with E-state index in [1.807, 2.05) is 13.8 Å². The summed E-state index contributed by atoms with van der Waals surface area (Å²) in [6.07, 6.45) is 2.01. The largest absolute Gasteiger partial charge is 0.480 e. The molecule has 2 aromatic heterocycles. The van der Waals surface area contributed by atoms with Crippen LogP contribution in [0.15, 0.2) is 18.3 Å². The van der Waals surface area contributed by atoms with Crippen LogP contribution in [0.1, 0.15) is 36.5 Å². The molecule has 7 heteroatoms. The van der Waals surface area contributed by atoms with Gasteiger partial charge in [-0.25, -0.2) is 9.78 Å². The molecule has 0 aliphatic carbocycles. The fraction of sp³-hybridized carbons (Fsp3) is 0.400. The van der Waals surface area contributed by atoms with Gasteiger partial charge in [0.1, 0.15) is 17.4 Å². The molecule has 0 spiro atoms. The number of pyridine rings is 1. The van der Waals surface area contributed by atoms with Crippen LogP contribution in [0.5, 0.6) is 0 Å². The molecule has 2 heterocycles. The lowest BCUT2D eigenvalue weighted by Crippen LogP contribution is -2.42. The van der Waals surface area contributed by atoms with E-state index in [-0.39, 0.29) is 5.92 Å². The molecule has 2 N–H and O–H groups in total. The zero-order chi connectivity index (χ0) is 16.4. The molecule has 0 fully saturated rings. The molecule has 1 amide bonds. The Labute approximate surface area is 133 Å². The number of hydrogen-bond acceptors (Lipinski definition) is 3. The molecule has 0 saturated heterocycles. The molecule has 22 heavy (non-hydrogen) atoms. The number of rotatable bonds is 5. The lowest BCUT2D eigenvalue weighted by atomic mass is 10.0. The summed E-state index contributed by atoms with van der Waals surface area (Å²) in [7, 11) is 0. The van der Waals surface area contributed by atoms with E-state index >= 15 is 0 Å². The highest BCUT2D eigenvalue weighted by Crippen LogP contribution is 2.17. The van der Waals surface area contributed by atoms with Crippen LogP contribution in [0.3, 0.4) is 0 Å². The van der Waals surface area contributed by atoms with Gasteiger partial charge in [-0.3, -0.25) is 9.20 Å². The molecule has 0 saturated carbocycles. The van der Waals surface area contributed by atoms with Gasteiger partial charge >= 0.3 is 5.97 Å². The average Bonchev–Trinajstić information content (AvgIpc) is 2.72. The Hall–Kier alpha value is -2.08. The minimum absolute atomic E-state index is 0.156. The third-order valence-corrected chi connectivity index (χ3v) is 3.52. The van der Waals surface area contributed by atoms with Crippen molar-refractivity contribution in [2.24, 2.45) is 5.92 Å². The van der Waals surface area contributed by atoms with E-state index in [0.29, 0.717) is 28.5 Å². The molecule has 2 aromatic rings. The first-order chi connectivity index (χ1) is 10.3. The quantitative estimate of drug-likeness (QED) is 0.885. The summed E-state index contributed by atoms with van der Waals surface area (Å²) in [6.45, 7) is 5.52. The highest BCUT2D eigenvalue weighted by Gasteiger charge is 2.24. The SMILES string of the molecule is Cc1nc2cc(Cl)ccn2c1C(=O)NC(CC(C)C)C(=O)O. The number of carbonyl (C=O) groups is 2. The number of imidazole rings is 1. The standard InChI is InChI=1S/C15H18ClN3O3/c1-8(2)6-11(15(21)22)18-14(20)13-9(3)17-12-7-10(16)4-5-19(12)13/h4-5,7-8,11H,6H2,1-3H3,(H,18,20)(H,21,22). The number of amides is 1. The van der Waals surface area contributed by atoms with E-state index in [4.69, 9.17) is 11.6 Å². The average molecular weight is 324 g/mol. The molecular formula is C15H18ClN3O3. The second-order valence-corrected chi connectivity index (χ2v) is 6.05. The van der Waals surface area contributed by atoms with E-state index in [1.54, 1.807) is 29.7 Å². The third kappa shape index (κ3) is 3.39. The zero-order valence-corrected chi connectivity index (χ0v) is 13.4. The van der Waals surface area contributed by atoms with Gasteiger partial charge in [-0.05, 0) is 25.3 Å². The first-order valence-corrected chi connectivity index (χ1v) is 7.35. The minimum atomic E-state index is -1.04. The van der Waals surface area contributed by atoms with Gasteiger partial charge in [0, 0.05) is 17.3 Å². The number of hydrogen-bond donors (Lipinski definition) is 2. The fourth-order valence-electron chi connectivity index (χ4n) is 2.33. The van der Waals surface area contributed by atoms with Crippen LogP contribution < -0.4 is 5.32 Å². The summed E-state index contributed by atoms with van der Waals surface area (Å²) in [5, 5.41) is 12.3. The van der Waals surface area contributed by atoms with Crippen LogP contribution in [0.4, 0.5) is 0 Å². The van der Waals surface area contributed by atoms with E-state index in [2.05, 4.69) is 10.3 Å². The van der Waals surface area contributed by atoms with Crippen LogP contribution in [-0.2, 0) is 4.79 Å². The Morgan fingerprint density at radius 3 is 2.73 bits per heavy atom. The predicted molar refractivity (Wildman–Crippen MR) is 83.3 cm³/mol. The lowest BCUT2D eigenvalue weighted by Gasteiger charge is -2.16. The van der Waals surface area contributed by atoms with Crippen molar-refractivity contribution in [3.05, 3.63) is 34.7 Å². The van der Waals surface area contributed by atoms with Crippen molar-refractivity contribution < 1.29 is 14.7 Å². The van der Waals surface area contributed by atoms with E-state index in [0.717, 1.165) is 0 Å². The Bertz CT molecular complexity index is 724. The van der Waals surface area contributed by atoms with Gasteiger partial charge in [0.2, 0.25) is 0 Å². The Morgan fingerprint density at radius 1 is 1.45 bits per heavy atom. The second kappa shape index (κ2) is 6.36.